The second-order valence-electron chi connectivity index (χ2n) is 9.62. The number of anilines is 2. The molecule has 0 spiro atoms. The van der Waals surface area contributed by atoms with Gasteiger partial charge in [0.1, 0.15) is 11.1 Å². The summed E-state index contributed by atoms with van der Waals surface area (Å²) in [6, 6.07) is 8.64. The Morgan fingerprint density at radius 2 is 1.86 bits per heavy atom. The van der Waals surface area contributed by atoms with Crippen LogP contribution >= 0.6 is 15.9 Å². The number of carbonyl (C=O) groups is 2. The molecule has 1 fully saturated rings. The molecule has 1 aliphatic carbocycles. The molecule has 37 heavy (non-hydrogen) atoms. The van der Waals surface area contributed by atoms with Gasteiger partial charge in [-0.3, -0.25) is 4.79 Å². The number of ether oxygens (including phenoxy) is 2. The lowest BCUT2D eigenvalue weighted by Crippen LogP contribution is -2.48. The number of rotatable bonds is 5. The zero-order chi connectivity index (χ0) is 27.2. The molecule has 0 saturated heterocycles. The maximum Gasteiger partial charge on any atom is 0.573 e. The quantitative estimate of drug-likeness (QED) is 0.427. The van der Waals surface area contributed by atoms with Crippen LogP contribution < -0.4 is 20.3 Å². The fourth-order valence-electron chi connectivity index (χ4n) is 3.66. The Hall–Kier alpha value is -3.32. The van der Waals surface area contributed by atoms with Crippen LogP contribution in [0, 0.1) is 0 Å². The number of amides is 2. The molecule has 2 aromatic carbocycles. The van der Waals surface area contributed by atoms with E-state index in [0.29, 0.717) is 11.3 Å². The van der Waals surface area contributed by atoms with Gasteiger partial charge in [0.15, 0.2) is 12.0 Å². The molecule has 13 heteroatoms. The first-order valence-corrected chi connectivity index (χ1v) is 12.0. The lowest BCUT2D eigenvalue weighted by molar-refractivity contribution is -0.274. The summed E-state index contributed by atoms with van der Waals surface area (Å²) < 4.78 is 49.3. The molecule has 4 rings (SSSR count). The molecule has 0 bridgehead atoms. The molecule has 2 aliphatic rings. The fourth-order valence-corrected chi connectivity index (χ4v) is 4.01. The van der Waals surface area contributed by atoms with E-state index in [1.807, 2.05) is 0 Å². The Kier molecular flexibility index (Phi) is 6.88. The summed E-state index contributed by atoms with van der Waals surface area (Å²) in [6.45, 7) is 4.98. The van der Waals surface area contributed by atoms with Crippen LogP contribution in [0.3, 0.4) is 0 Å². The van der Waals surface area contributed by atoms with Crippen molar-refractivity contribution in [3.63, 3.8) is 0 Å². The SMILES string of the molecule is CC(C)(C)OC(=O)NC1(C(=O)Nc2cc(N3C=Nc4cc(Br)ccc4C3O)ccc2OC(F)(F)F)CC1. The van der Waals surface area contributed by atoms with E-state index in [2.05, 4.69) is 36.3 Å². The summed E-state index contributed by atoms with van der Waals surface area (Å²) in [5, 5.41) is 15.8. The van der Waals surface area contributed by atoms with Crippen molar-refractivity contribution in [1.29, 1.82) is 0 Å². The van der Waals surface area contributed by atoms with Gasteiger partial charge in [0.2, 0.25) is 5.91 Å². The molecule has 0 aromatic heterocycles. The van der Waals surface area contributed by atoms with Crippen molar-refractivity contribution in [2.24, 2.45) is 4.99 Å². The third-order valence-electron chi connectivity index (χ3n) is 5.52. The predicted molar refractivity (Wildman–Crippen MR) is 133 cm³/mol. The molecule has 1 aliphatic heterocycles. The van der Waals surface area contributed by atoms with E-state index >= 15 is 0 Å². The van der Waals surface area contributed by atoms with Gasteiger partial charge < -0.3 is 30.1 Å². The molecule has 198 valence electrons. The molecular formula is C24H24BrF3N4O5. The number of carbonyl (C=O) groups excluding carboxylic acids is 2. The number of alkyl halides is 3. The molecule has 1 heterocycles. The van der Waals surface area contributed by atoms with Crippen LogP contribution in [0.4, 0.5) is 35.0 Å². The van der Waals surface area contributed by atoms with Gasteiger partial charge in [-0.05, 0) is 63.9 Å². The fraction of sp³-hybridized carbons (Fsp3) is 0.375. The molecular weight excluding hydrogens is 561 g/mol. The summed E-state index contributed by atoms with van der Waals surface area (Å²) in [5.74, 6) is -1.39. The maximum absolute atomic E-state index is 13.1. The van der Waals surface area contributed by atoms with Gasteiger partial charge in [-0.2, -0.15) is 0 Å². The van der Waals surface area contributed by atoms with Crippen LogP contribution in [0.2, 0.25) is 0 Å². The highest BCUT2D eigenvalue weighted by atomic mass is 79.9. The Bertz CT molecular complexity index is 1260. The number of hydrogen-bond donors (Lipinski definition) is 3. The van der Waals surface area contributed by atoms with E-state index in [0.717, 1.165) is 10.5 Å². The normalized spacial score (nSPS) is 18.1. The molecule has 3 N–H and O–H groups in total. The highest BCUT2D eigenvalue weighted by molar-refractivity contribution is 9.10. The molecule has 0 radical (unpaired) electrons. The Morgan fingerprint density at radius 3 is 2.49 bits per heavy atom. The van der Waals surface area contributed by atoms with Gasteiger partial charge in [-0.1, -0.05) is 22.0 Å². The number of nitrogens with zero attached hydrogens (tertiary/aromatic N) is 2. The smallest absolute Gasteiger partial charge is 0.444 e. The van der Waals surface area contributed by atoms with Crippen LogP contribution in [0.15, 0.2) is 45.9 Å². The zero-order valence-corrected chi connectivity index (χ0v) is 21.6. The number of fused-ring (bicyclic) bond motifs is 1. The van der Waals surface area contributed by atoms with Crippen molar-refractivity contribution >= 4 is 51.3 Å². The molecule has 1 unspecified atom stereocenters. The summed E-state index contributed by atoms with van der Waals surface area (Å²) in [7, 11) is 0. The van der Waals surface area contributed by atoms with Crippen LogP contribution in [-0.4, -0.2) is 40.9 Å². The number of nitrogens with one attached hydrogen (secondary N) is 2. The molecule has 2 amide bonds. The number of aliphatic imine (C=N–C) groups is 1. The molecule has 1 saturated carbocycles. The monoisotopic (exact) mass is 584 g/mol. The Morgan fingerprint density at radius 1 is 1.16 bits per heavy atom. The van der Waals surface area contributed by atoms with E-state index in [1.54, 1.807) is 39.0 Å². The first-order chi connectivity index (χ1) is 17.2. The average molecular weight is 585 g/mol. The van der Waals surface area contributed by atoms with Crippen LogP contribution in [0.1, 0.15) is 45.4 Å². The van der Waals surface area contributed by atoms with Gasteiger partial charge >= 0.3 is 12.5 Å². The maximum atomic E-state index is 13.1. The second kappa shape index (κ2) is 9.53. The van der Waals surface area contributed by atoms with Crippen LogP contribution in [0.25, 0.3) is 0 Å². The first-order valence-electron chi connectivity index (χ1n) is 11.2. The zero-order valence-electron chi connectivity index (χ0n) is 20.0. The van der Waals surface area contributed by atoms with Crippen molar-refractivity contribution < 1.29 is 37.3 Å². The highest BCUT2D eigenvalue weighted by Gasteiger charge is 2.52. The van der Waals surface area contributed by atoms with E-state index in [-0.39, 0.29) is 24.2 Å². The lowest BCUT2D eigenvalue weighted by atomic mass is 10.1. The minimum atomic E-state index is -5.02. The number of hydrogen-bond acceptors (Lipinski definition) is 7. The van der Waals surface area contributed by atoms with E-state index in [1.165, 1.54) is 23.4 Å². The Balaban J connectivity index is 1.60. The topological polar surface area (TPSA) is 112 Å². The number of benzene rings is 2. The summed E-state index contributed by atoms with van der Waals surface area (Å²) >= 11 is 3.34. The highest BCUT2D eigenvalue weighted by Crippen LogP contribution is 2.41. The van der Waals surface area contributed by atoms with Gasteiger partial charge in [0.05, 0.1) is 17.7 Å². The van der Waals surface area contributed by atoms with Gasteiger partial charge in [-0.15, -0.1) is 13.2 Å². The van der Waals surface area contributed by atoms with Gasteiger partial charge in [0.25, 0.3) is 0 Å². The second-order valence-corrected chi connectivity index (χ2v) is 10.5. The summed E-state index contributed by atoms with van der Waals surface area (Å²) in [6.07, 6.45) is -5.16. The van der Waals surface area contributed by atoms with E-state index in [9.17, 15) is 27.9 Å². The van der Waals surface area contributed by atoms with E-state index < -0.39 is 41.5 Å². The number of alkyl carbamates (subject to hydrolysis) is 1. The third kappa shape index (κ3) is 6.34. The van der Waals surface area contributed by atoms with Gasteiger partial charge in [0, 0.05) is 15.7 Å². The van der Waals surface area contributed by atoms with Gasteiger partial charge in [-0.25, -0.2) is 9.79 Å². The first kappa shape index (κ1) is 26.7. The number of halogens is 4. The van der Waals surface area contributed by atoms with E-state index in [4.69, 9.17) is 4.74 Å². The minimum Gasteiger partial charge on any atom is -0.444 e. The lowest BCUT2D eigenvalue weighted by Gasteiger charge is -2.31. The number of aliphatic hydroxyl groups is 1. The largest absolute Gasteiger partial charge is 0.573 e. The molecule has 9 nitrogen and oxygen atoms in total. The molecule has 2 aromatic rings. The third-order valence-corrected chi connectivity index (χ3v) is 6.01. The summed E-state index contributed by atoms with van der Waals surface area (Å²) in [4.78, 5) is 30.9. The number of aliphatic hydroxyl groups excluding tert-OH is 1. The molecule has 1 atom stereocenters. The summed E-state index contributed by atoms with van der Waals surface area (Å²) in [5.41, 5.74) is -1.20. The standard InChI is InChI=1S/C24H24BrF3N4O5/c1-22(2,3)37-21(35)31-23(8-9-23)20(34)30-17-11-14(5-7-18(17)36-24(26,27)28)32-12-29-16-10-13(25)4-6-15(16)19(32)33/h4-7,10-12,19,33H,8-9H2,1-3H3,(H,30,34)(H,31,35). The van der Waals surface area contributed by atoms with Crippen LogP contribution in [-0.2, 0) is 9.53 Å². The van der Waals surface area contributed by atoms with Crippen molar-refractivity contribution in [3.05, 3.63) is 46.4 Å². The van der Waals surface area contributed by atoms with Crippen molar-refractivity contribution in [1.82, 2.24) is 5.32 Å². The minimum absolute atomic E-state index is 0.236. The Labute approximate surface area is 218 Å². The average Bonchev–Trinajstić information content (AvgIpc) is 3.53. The predicted octanol–water partition coefficient (Wildman–Crippen LogP) is 5.51. The van der Waals surface area contributed by atoms with Crippen molar-refractivity contribution in [3.8, 4) is 5.75 Å². The van der Waals surface area contributed by atoms with Crippen molar-refractivity contribution in [2.75, 3.05) is 10.2 Å². The van der Waals surface area contributed by atoms with Crippen LogP contribution in [0.5, 0.6) is 5.75 Å². The van der Waals surface area contributed by atoms with Crippen molar-refractivity contribution in [2.45, 2.75) is 57.3 Å².